The molecule has 0 radical (unpaired) electrons. The summed E-state index contributed by atoms with van der Waals surface area (Å²) in [4.78, 5) is 13.2. The molecule has 1 amide bonds. The normalized spacial score (nSPS) is 10.8. The minimum absolute atomic E-state index is 0.103. The third-order valence-electron chi connectivity index (χ3n) is 3.70. The largest absolute Gasteiger partial charge is 0.493 e. The highest BCUT2D eigenvalue weighted by molar-refractivity contribution is 7.99. The van der Waals surface area contributed by atoms with Crippen LogP contribution in [0.3, 0.4) is 0 Å². The zero-order chi connectivity index (χ0) is 19.8. The van der Waals surface area contributed by atoms with Crippen molar-refractivity contribution in [3.8, 4) is 5.75 Å². The Morgan fingerprint density at radius 2 is 1.86 bits per heavy atom. The van der Waals surface area contributed by atoms with Crippen molar-refractivity contribution in [2.75, 3.05) is 11.9 Å². The van der Waals surface area contributed by atoms with Crippen molar-refractivity contribution in [2.45, 2.75) is 36.8 Å². The van der Waals surface area contributed by atoms with Gasteiger partial charge in [-0.2, -0.15) is 0 Å². The quantitative estimate of drug-likeness (QED) is 0.533. The Morgan fingerprint density at radius 1 is 1.11 bits per heavy atom. The van der Waals surface area contributed by atoms with Gasteiger partial charge in [0.05, 0.1) is 19.4 Å². The fourth-order valence-electron chi connectivity index (χ4n) is 2.47. The molecule has 6 nitrogen and oxygen atoms in total. The molecule has 0 unspecified atom stereocenters. The summed E-state index contributed by atoms with van der Waals surface area (Å²) >= 11 is 1.82. The van der Waals surface area contributed by atoms with Gasteiger partial charge in [-0.25, -0.2) is 0 Å². The first-order valence-corrected chi connectivity index (χ1v) is 10.0. The van der Waals surface area contributed by atoms with Crippen molar-refractivity contribution in [3.05, 3.63) is 66.1 Å². The lowest BCUT2D eigenvalue weighted by Gasteiger charge is -2.05. The Morgan fingerprint density at radius 3 is 2.57 bits per heavy atom. The van der Waals surface area contributed by atoms with Crippen LogP contribution in [0.2, 0.25) is 0 Å². The minimum atomic E-state index is -0.235. The molecule has 3 rings (SSSR count). The fraction of sp³-hybridized carbons (Fsp3) is 0.286. The van der Waals surface area contributed by atoms with Crippen LogP contribution in [0, 0.1) is 0 Å². The number of aromatic nitrogens is 2. The van der Waals surface area contributed by atoms with E-state index in [4.69, 9.17) is 9.15 Å². The summed E-state index contributed by atoms with van der Waals surface area (Å²) in [5.41, 5.74) is 1.07. The van der Waals surface area contributed by atoms with Crippen LogP contribution in [0.5, 0.6) is 5.75 Å². The molecule has 0 atom stereocenters. The smallest absolute Gasteiger partial charge is 0.322 e. The maximum absolute atomic E-state index is 12.0. The summed E-state index contributed by atoms with van der Waals surface area (Å²) in [5, 5.41) is 11.0. The number of nitrogens with one attached hydrogen (secondary N) is 1. The van der Waals surface area contributed by atoms with Crippen molar-refractivity contribution in [1.82, 2.24) is 10.2 Å². The number of amides is 1. The van der Waals surface area contributed by atoms with Crippen LogP contribution < -0.4 is 10.1 Å². The van der Waals surface area contributed by atoms with Gasteiger partial charge in [-0.1, -0.05) is 49.3 Å². The molecule has 0 fully saturated rings. The lowest BCUT2D eigenvalue weighted by molar-refractivity contribution is -0.116. The molecule has 1 aromatic heterocycles. The summed E-state index contributed by atoms with van der Waals surface area (Å²) < 4.78 is 11.0. The molecule has 0 aliphatic rings. The zero-order valence-corrected chi connectivity index (χ0v) is 16.7. The third kappa shape index (κ3) is 6.42. The van der Waals surface area contributed by atoms with Gasteiger partial charge in [0, 0.05) is 10.1 Å². The van der Waals surface area contributed by atoms with Gasteiger partial charge >= 0.3 is 6.01 Å². The number of benzene rings is 2. The van der Waals surface area contributed by atoms with E-state index in [0.29, 0.717) is 17.6 Å². The lowest BCUT2D eigenvalue weighted by atomic mass is 10.1. The third-order valence-corrected chi connectivity index (χ3v) is 4.72. The first-order chi connectivity index (χ1) is 13.6. The summed E-state index contributed by atoms with van der Waals surface area (Å²) in [5.74, 6) is 0.953. The van der Waals surface area contributed by atoms with Crippen molar-refractivity contribution in [2.24, 2.45) is 0 Å². The number of hydrogen-bond donors (Lipinski definition) is 1. The molecule has 7 heteroatoms. The van der Waals surface area contributed by atoms with Gasteiger partial charge in [-0.15, -0.1) is 16.9 Å². The van der Waals surface area contributed by atoms with E-state index < -0.39 is 0 Å². The molecule has 0 aliphatic carbocycles. The highest BCUT2D eigenvalue weighted by Gasteiger charge is 2.11. The predicted molar refractivity (Wildman–Crippen MR) is 110 cm³/mol. The summed E-state index contributed by atoms with van der Waals surface area (Å²) in [7, 11) is 0. The second-order valence-corrected chi connectivity index (χ2v) is 8.10. The van der Waals surface area contributed by atoms with Crippen LogP contribution in [0.15, 0.2) is 63.9 Å². The Hall–Kier alpha value is -2.80. The van der Waals surface area contributed by atoms with Gasteiger partial charge in [0.25, 0.3) is 0 Å². The van der Waals surface area contributed by atoms with Gasteiger partial charge in [-0.3, -0.25) is 10.1 Å². The van der Waals surface area contributed by atoms with E-state index in [0.717, 1.165) is 11.3 Å². The van der Waals surface area contributed by atoms with Gasteiger partial charge in [0.1, 0.15) is 5.75 Å². The van der Waals surface area contributed by atoms with Gasteiger partial charge in [0.15, 0.2) is 0 Å². The van der Waals surface area contributed by atoms with Crippen LogP contribution in [0.1, 0.15) is 31.7 Å². The molecule has 28 heavy (non-hydrogen) atoms. The van der Waals surface area contributed by atoms with E-state index in [9.17, 15) is 4.79 Å². The van der Waals surface area contributed by atoms with E-state index in [-0.39, 0.29) is 24.9 Å². The van der Waals surface area contributed by atoms with E-state index in [1.807, 2.05) is 54.2 Å². The zero-order valence-electron chi connectivity index (χ0n) is 15.9. The maximum atomic E-state index is 12.0. The van der Waals surface area contributed by atoms with Gasteiger partial charge in [-0.05, 0) is 29.8 Å². The topological polar surface area (TPSA) is 77.2 Å². The van der Waals surface area contributed by atoms with E-state index in [2.05, 4.69) is 41.5 Å². The van der Waals surface area contributed by atoms with E-state index in [1.54, 1.807) is 0 Å². The number of carbonyl (C=O) groups is 1. The van der Waals surface area contributed by atoms with Crippen LogP contribution in [-0.2, 0) is 11.2 Å². The molecule has 0 spiro atoms. The number of carbonyl (C=O) groups excluding carboxylic acids is 1. The highest BCUT2D eigenvalue weighted by Crippen LogP contribution is 2.23. The average Bonchev–Trinajstić information content (AvgIpc) is 3.10. The number of anilines is 1. The number of ether oxygens (including phenoxy) is 1. The number of hydrogen-bond acceptors (Lipinski definition) is 6. The van der Waals surface area contributed by atoms with Crippen molar-refractivity contribution in [1.29, 1.82) is 0 Å². The van der Waals surface area contributed by atoms with Crippen LogP contribution in [-0.4, -0.2) is 28.0 Å². The molecule has 146 valence electrons. The van der Waals surface area contributed by atoms with E-state index in [1.165, 1.54) is 4.90 Å². The first kappa shape index (κ1) is 19.9. The number of thioether (sulfide) groups is 1. The number of para-hydroxylation sites is 1. The molecule has 3 aromatic rings. The minimum Gasteiger partial charge on any atom is -0.493 e. The standard InChI is InChI=1S/C21H23N3O3S/c1-15(2)28-18-10-8-16(9-11-18)14-20-23-24-21(27-20)22-19(25)12-13-26-17-6-4-3-5-7-17/h3-11,15H,12-14H2,1-2H3,(H,22,24,25). The predicted octanol–water partition coefficient (Wildman–Crippen LogP) is 4.57. The summed E-state index contributed by atoms with van der Waals surface area (Å²) in [6.07, 6.45) is 0.716. The molecule has 1 heterocycles. The fourth-order valence-corrected chi connectivity index (χ4v) is 3.31. The summed E-state index contributed by atoms with van der Waals surface area (Å²) in [6, 6.07) is 17.7. The van der Waals surface area contributed by atoms with Crippen LogP contribution in [0.25, 0.3) is 0 Å². The average molecular weight is 398 g/mol. The maximum Gasteiger partial charge on any atom is 0.322 e. The molecule has 2 aromatic carbocycles. The van der Waals surface area contributed by atoms with Crippen molar-refractivity contribution in [3.63, 3.8) is 0 Å². The van der Waals surface area contributed by atoms with Crippen molar-refractivity contribution >= 4 is 23.7 Å². The summed E-state index contributed by atoms with van der Waals surface area (Å²) in [6.45, 7) is 4.61. The molecule has 0 aliphatic heterocycles. The SMILES string of the molecule is CC(C)Sc1ccc(Cc2nnc(NC(=O)CCOc3ccccc3)o2)cc1. The van der Waals surface area contributed by atoms with E-state index >= 15 is 0 Å². The Bertz CT molecular complexity index is 879. The van der Waals surface area contributed by atoms with Crippen LogP contribution >= 0.6 is 11.8 Å². The highest BCUT2D eigenvalue weighted by atomic mass is 32.2. The molecule has 1 N–H and O–H groups in total. The first-order valence-electron chi connectivity index (χ1n) is 9.14. The Balaban J connectivity index is 1.45. The van der Waals surface area contributed by atoms with Crippen LogP contribution in [0.4, 0.5) is 6.01 Å². The second-order valence-electron chi connectivity index (χ2n) is 6.45. The van der Waals surface area contributed by atoms with Gasteiger partial charge in [0.2, 0.25) is 11.8 Å². The van der Waals surface area contributed by atoms with Gasteiger partial charge < -0.3 is 9.15 Å². The number of nitrogens with zero attached hydrogens (tertiary/aromatic N) is 2. The molecular weight excluding hydrogens is 374 g/mol. The monoisotopic (exact) mass is 397 g/mol. The lowest BCUT2D eigenvalue weighted by Crippen LogP contribution is -2.15. The number of rotatable bonds is 9. The molecule has 0 saturated carbocycles. The molecular formula is C21H23N3O3S. The Kier molecular flexibility index (Phi) is 7.08. The Labute approximate surface area is 168 Å². The second kappa shape index (κ2) is 9.94. The molecule has 0 bridgehead atoms. The van der Waals surface area contributed by atoms with Crippen molar-refractivity contribution < 1.29 is 13.9 Å². The molecule has 0 saturated heterocycles.